The molecule has 3 N–H and O–H groups in total. The van der Waals surface area contributed by atoms with E-state index in [2.05, 4.69) is 16.0 Å². The molecule has 4 rings (SSSR count). The summed E-state index contributed by atoms with van der Waals surface area (Å²) in [6, 6.07) is 13.4. The van der Waals surface area contributed by atoms with Crippen molar-refractivity contribution >= 4 is 29.9 Å². The molecular formula is C23H27ClFN3O2. The van der Waals surface area contributed by atoms with Crippen molar-refractivity contribution in [3.05, 3.63) is 65.5 Å². The summed E-state index contributed by atoms with van der Waals surface area (Å²) < 4.78 is 13.6. The molecule has 3 unspecified atom stereocenters. The lowest BCUT2D eigenvalue weighted by Crippen LogP contribution is -2.39. The van der Waals surface area contributed by atoms with Gasteiger partial charge in [-0.2, -0.15) is 0 Å². The zero-order valence-electron chi connectivity index (χ0n) is 16.7. The van der Waals surface area contributed by atoms with E-state index in [0.717, 1.165) is 12.8 Å². The maximum atomic E-state index is 13.6. The average Bonchev–Trinajstić information content (AvgIpc) is 3.18. The summed E-state index contributed by atoms with van der Waals surface area (Å²) in [5, 5.41) is 9.13. The van der Waals surface area contributed by atoms with Crippen LogP contribution in [-0.2, 0) is 11.3 Å². The second-order valence-electron chi connectivity index (χ2n) is 7.95. The van der Waals surface area contributed by atoms with E-state index in [9.17, 15) is 14.0 Å². The minimum absolute atomic E-state index is 0. The summed E-state index contributed by atoms with van der Waals surface area (Å²) in [7, 11) is 0. The van der Waals surface area contributed by atoms with Gasteiger partial charge >= 0.3 is 0 Å². The van der Waals surface area contributed by atoms with Crippen molar-refractivity contribution < 1.29 is 14.0 Å². The van der Waals surface area contributed by atoms with Gasteiger partial charge < -0.3 is 16.0 Å². The molecule has 3 atom stereocenters. The maximum absolute atomic E-state index is 13.6. The molecule has 0 radical (unpaired) electrons. The molecule has 7 heteroatoms. The Balaban J connectivity index is 0.00000256. The molecule has 2 fully saturated rings. The third-order valence-corrected chi connectivity index (χ3v) is 5.99. The van der Waals surface area contributed by atoms with Gasteiger partial charge in [-0.05, 0) is 55.5 Å². The Bertz CT molecular complexity index is 876. The van der Waals surface area contributed by atoms with Crippen LogP contribution in [0.5, 0.6) is 0 Å². The highest BCUT2D eigenvalue weighted by Crippen LogP contribution is 2.33. The lowest BCUT2D eigenvalue weighted by molar-refractivity contribution is -0.117. The molecule has 0 spiro atoms. The molecule has 1 saturated heterocycles. The van der Waals surface area contributed by atoms with Gasteiger partial charge in [0.1, 0.15) is 5.82 Å². The summed E-state index contributed by atoms with van der Waals surface area (Å²) in [4.78, 5) is 24.9. The normalized spacial score (nSPS) is 22.5. The highest BCUT2D eigenvalue weighted by atomic mass is 35.5. The van der Waals surface area contributed by atoms with Gasteiger partial charge in [0, 0.05) is 29.4 Å². The number of carbonyl (C=O) groups is 2. The summed E-state index contributed by atoms with van der Waals surface area (Å²) in [5.41, 5.74) is 1.57. The molecule has 160 valence electrons. The highest BCUT2D eigenvalue weighted by Gasteiger charge is 2.38. The Morgan fingerprint density at radius 2 is 1.77 bits per heavy atom. The van der Waals surface area contributed by atoms with Crippen LogP contribution in [0.1, 0.15) is 48.0 Å². The minimum atomic E-state index is -0.341. The average molecular weight is 432 g/mol. The molecule has 1 aliphatic carbocycles. The van der Waals surface area contributed by atoms with E-state index in [4.69, 9.17) is 0 Å². The number of hydrogen-bond donors (Lipinski definition) is 3. The third-order valence-electron chi connectivity index (χ3n) is 5.99. The summed E-state index contributed by atoms with van der Waals surface area (Å²) >= 11 is 0. The third kappa shape index (κ3) is 5.18. The molecular weight excluding hydrogens is 405 g/mol. The zero-order chi connectivity index (χ0) is 20.2. The van der Waals surface area contributed by atoms with Gasteiger partial charge in [-0.1, -0.05) is 31.0 Å². The number of fused-ring (bicyclic) bond motifs is 1. The van der Waals surface area contributed by atoms with Gasteiger partial charge in [0.25, 0.3) is 5.91 Å². The van der Waals surface area contributed by atoms with Crippen LogP contribution < -0.4 is 16.0 Å². The quantitative estimate of drug-likeness (QED) is 0.669. The van der Waals surface area contributed by atoms with E-state index >= 15 is 0 Å². The second kappa shape index (κ2) is 10.0. The molecule has 2 aromatic rings. The maximum Gasteiger partial charge on any atom is 0.251 e. The molecule has 1 aliphatic heterocycles. The van der Waals surface area contributed by atoms with Crippen LogP contribution in [-0.4, -0.2) is 23.9 Å². The predicted octanol–water partition coefficient (Wildman–Crippen LogP) is 4.04. The number of nitrogens with one attached hydrogen (secondary N) is 3. The lowest BCUT2D eigenvalue weighted by Gasteiger charge is -2.24. The summed E-state index contributed by atoms with van der Waals surface area (Å²) in [6.07, 6.45) is 5.76. The lowest BCUT2D eigenvalue weighted by atomic mass is 9.85. The van der Waals surface area contributed by atoms with Crippen molar-refractivity contribution in [3.63, 3.8) is 0 Å². The van der Waals surface area contributed by atoms with Gasteiger partial charge in [0.2, 0.25) is 5.91 Å². The largest absolute Gasteiger partial charge is 0.348 e. The van der Waals surface area contributed by atoms with Crippen LogP contribution in [0.4, 0.5) is 10.1 Å². The van der Waals surface area contributed by atoms with Crippen LogP contribution in [0.3, 0.4) is 0 Å². The molecule has 2 amide bonds. The first-order valence-corrected chi connectivity index (χ1v) is 10.3. The van der Waals surface area contributed by atoms with Gasteiger partial charge in [-0.25, -0.2) is 4.39 Å². The summed E-state index contributed by atoms with van der Waals surface area (Å²) in [6.45, 7) is 0.125. The number of halogens is 2. The van der Waals surface area contributed by atoms with Crippen LogP contribution >= 0.6 is 12.4 Å². The van der Waals surface area contributed by atoms with Crippen molar-refractivity contribution in [3.8, 4) is 0 Å². The Morgan fingerprint density at radius 1 is 1.03 bits per heavy atom. The molecule has 0 aromatic heterocycles. The van der Waals surface area contributed by atoms with E-state index in [1.165, 1.54) is 25.3 Å². The molecule has 2 aromatic carbocycles. The van der Waals surface area contributed by atoms with E-state index in [1.807, 2.05) is 0 Å². The summed E-state index contributed by atoms with van der Waals surface area (Å²) in [5.74, 6) is -0.0323. The van der Waals surface area contributed by atoms with E-state index < -0.39 is 0 Å². The second-order valence-corrected chi connectivity index (χ2v) is 7.95. The number of anilines is 1. The number of benzene rings is 2. The van der Waals surface area contributed by atoms with Crippen LogP contribution in [0, 0.1) is 11.7 Å². The number of amides is 2. The fourth-order valence-electron chi connectivity index (χ4n) is 4.37. The Labute approximate surface area is 182 Å². The predicted molar refractivity (Wildman–Crippen MR) is 117 cm³/mol. The van der Waals surface area contributed by atoms with E-state index in [0.29, 0.717) is 28.8 Å². The smallest absolute Gasteiger partial charge is 0.251 e. The standard InChI is InChI=1S/C23H26FN3O2.ClH/c24-19-7-3-1-6-17(19)14-25-22(28)15-9-11-18(12-10-15)26-23(29)21-13-16-5-2-4-8-20(16)27-21;/h1,3,6-7,9-12,16,20-21,27H,2,4-5,8,13-14H2,(H,25,28)(H,26,29);1H. The van der Waals surface area contributed by atoms with Crippen molar-refractivity contribution in [2.75, 3.05) is 5.32 Å². The number of hydrogen-bond acceptors (Lipinski definition) is 3. The first-order valence-electron chi connectivity index (χ1n) is 10.3. The Hall–Kier alpha value is -2.44. The molecule has 30 heavy (non-hydrogen) atoms. The first-order chi connectivity index (χ1) is 14.1. The van der Waals surface area contributed by atoms with Gasteiger partial charge in [0.15, 0.2) is 0 Å². The molecule has 2 aliphatic rings. The highest BCUT2D eigenvalue weighted by molar-refractivity contribution is 5.97. The monoisotopic (exact) mass is 431 g/mol. The molecule has 0 bridgehead atoms. The van der Waals surface area contributed by atoms with Gasteiger partial charge in [-0.3, -0.25) is 9.59 Å². The van der Waals surface area contributed by atoms with Crippen molar-refractivity contribution in [1.82, 2.24) is 10.6 Å². The number of rotatable bonds is 5. The van der Waals surface area contributed by atoms with Crippen LogP contribution in [0.25, 0.3) is 0 Å². The van der Waals surface area contributed by atoms with Crippen molar-refractivity contribution in [1.29, 1.82) is 0 Å². The fourth-order valence-corrected chi connectivity index (χ4v) is 4.37. The van der Waals surface area contributed by atoms with Crippen molar-refractivity contribution in [2.45, 2.75) is 50.7 Å². The van der Waals surface area contributed by atoms with Crippen LogP contribution in [0.2, 0.25) is 0 Å². The SMILES string of the molecule is Cl.O=C(NCc1ccccc1F)c1ccc(NC(=O)C2CC3CCCCC3N2)cc1. The van der Waals surface area contributed by atoms with Gasteiger partial charge in [-0.15, -0.1) is 12.4 Å². The Kier molecular flexibility index (Phi) is 7.45. The fraction of sp³-hybridized carbons (Fsp3) is 0.391. The topological polar surface area (TPSA) is 70.2 Å². The molecule has 5 nitrogen and oxygen atoms in total. The minimum Gasteiger partial charge on any atom is -0.348 e. The van der Waals surface area contributed by atoms with Gasteiger partial charge in [0.05, 0.1) is 6.04 Å². The van der Waals surface area contributed by atoms with E-state index in [1.54, 1.807) is 42.5 Å². The molecule has 1 saturated carbocycles. The first kappa shape index (κ1) is 22.2. The number of carbonyl (C=O) groups excluding carboxylic acids is 2. The van der Waals surface area contributed by atoms with Crippen molar-refractivity contribution in [2.24, 2.45) is 5.92 Å². The zero-order valence-corrected chi connectivity index (χ0v) is 17.5. The molecule has 1 heterocycles. The Morgan fingerprint density at radius 3 is 2.50 bits per heavy atom. The van der Waals surface area contributed by atoms with E-state index in [-0.39, 0.29) is 42.6 Å². The van der Waals surface area contributed by atoms with Crippen LogP contribution in [0.15, 0.2) is 48.5 Å².